The van der Waals surface area contributed by atoms with Crippen LogP contribution < -0.4 is 0 Å². The van der Waals surface area contributed by atoms with Crippen molar-refractivity contribution >= 4 is 33.4 Å². The van der Waals surface area contributed by atoms with Crippen LogP contribution in [0.25, 0.3) is 38.7 Å². The summed E-state index contributed by atoms with van der Waals surface area (Å²) in [7, 11) is 0. The van der Waals surface area contributed by atoms with Gasteiger partial charge in [-0.1, -0.05) is 150 Å². The minimum Gasteiger partial charge on any atom is -0.507 e. The Morgan fingerprint density at radius 1 is 0.754 bits per heavy atom. The van der Waals surface area contributed by atoms with E-state index in [1.807, 2.05) is 77.6 Å². The number of fused-ring (bicyclic) bond motifs is 2. The first-order valence-corrected chi connectivity index (χ1v) is 22.9. The molecule has 1 heterocycles. The van der Waals surface area contributed by atoms with Crippen LogP contribution in [-0.2, 0) is 33.8 Å². The lowest BCUT2D eigenvalue weighted by molar-refractivity contribution is -0.125. The number of benzene rings is 6. The van der Waals surface area contributed by atoms with Gasteiger partial charge < -0.3 is 19.7 Å². The van der Waals surface area contributed by atoms with Gasteiger partial charge in [0.1, 0.15) is 23.8 Å². The Morgan fingerprint density at radius 3 is 2.23 bits per heavy atom. The van der Waals surface area contributed by atoms with E-state index in [4.69, 9.17) is 9.47 Å². The first-order chi connectivity index (χ1) is 31.8. The predicted octanol–water partition coefficient (Wildman–Crippen LogP) is 11.9. The smallest absolute Gasteiger partial charge is 0.162 e. The molecule has 2 N–H and O–H groups in total. The summed E-state index contributed by atoms with van der Waals surface area (Å²) in [6.07, 6.45) is 17.5. The third kappa shape index (κ3) is 10.5. The number of ether oxygens (including phenoxy) is 2. The number of hydrogen-bond acceptors (Lipinski definition) is 7. The average molecular weight is 864 g/mol. The monoisotopic (exact) mass is 863 g/mol. The summed E-state index contributed by atoms with van der Waals surface area (Å²) in [4.78, 5) is 13.4. The number of allylic oxidation sites excluding steroid dienone is 3. The van der Waals surface area contributed by atoms with E-state index < -0.39 is 0 Å². The van der Waals surface area contributed by atoms with E-state index in [2.05, 4.69) is 96.6 Å². The normalized spacial score (nSPS) is 21.0. The molecule has 2 fully saturated rings. The van der Waals surface area contributed by atoms with E-state index in [-0.39, 0.29) is 42.3 Å². The van der Waals surface area contributed by atoms with Gasteiger partial charge in [-0.3, -0.25) is 4.79 Å². The number of nitrogens with zero attached hydrogens (tertiary/aromatic N) is 3. The Kier molecular flexibility index (Phi) is 13.5. The summed E-state index contributed by atoms with van der Waals surface area (Å²) < 4.78 is 14.6. The third-order valence-corrected chi connectivity index (χ3v) is 13.4. The molecule has 0 amide bonds. The van der Waals surface area contributed by atoms with Crippen LogP contribution in [0.2, 0.25) is 0 Å². The number of aryl methyl sites for hydroxylation is 1. The Labute approximate surface area is 381 Å². The lowest BCUT2D eigenvalue weighted by Crippen LogP contribution is -2.22. The standard InChI is InChI=1S/C57H57N3O5/c1-3-44-27-43(32-55(44)65-37-50(61)31-42-20-24-52-47(29-42)23-26-54(63)57(52)56-51-12-8-7-11-45(51)22-25-53(56)62)18-17-41-28-46(21-19-39-9-5-4-6-10-39)48(30-41)35-64-36-49-34-60(59-58-49)33-40-15-13-38(2)14-16-40/h3-26,29,34,41,43-44,46,48,55,62-63H,1,27-28,30-33,35-37H2,2H3/b18-17+,21-19+. The number of aromatic hydroxyl groups is 2. The molecular weight excluding hydrogens is 807 g/mol. The summed E-state index contributed by atoms with van der Waals surface area (Å²) in [6, 6.07) is 39.7. The maximum absolute atomic E-state index is 13.4. The number of Topliss-reactive ketones (excluding diaryl/α,β-unsaturated/α-hetero) is 1. The fraction of sp³-hybridized carbons (Fsp3) is 0.281. The number of phenolic OH excluding ortho intramolecular Hbond substituents is 2. The van der Waals surface area contributed by atoms with E-state index >= 15 is 0 Å². The molecule has 9 rings (SSSR count). The molecule has 6 unspecified atom stereocenters. The number of aromatic nitrogens is 3. The molecule has 6 aromatic carbocycles. The van der Waals surface area contributed by atoms with Crippen molar-refractivity contribution in [2.75, 3.05) is 13.2 Å². The molecule has 2 aliphatic carbocycles. The summed E-state index contributed by atoms with van der Waals surface area (Å²) in [6.45, 7) is 8.03. The zero-order chi connectivity index (χ0) is 44.7. The zero-order valence-corrected chi connectivity index (χ0v) is 37.0. The van der Waals surface area contributed by atoms with Gasteiger partial charge >= 0.3 is 0 Å². The first kappa shape index (κ1) is 43.6. The number of ketones is 1. The molecule has 2 saturated carbocycles. The van der Waals surface area contributed by atoms with Crippen LogP contribution in [0.1, 0.15) is 53.6 Å². The van der Waals surface area contributed by atoms with Gasteiger partial charge in [0, 0.05) is 23.5 Å². The lowest BCUT2D eigenvalue weighted by Gasteiger charge is -2.17. The molecule has 0 bridgehead atoms. The van der Waals surface area contributed by atoms with E-state index in [1.54, 1.807) is 12.1 Å². The topological polar surface area (TPSA) is 107 Å². The van der Waals surface area contributed by atoms with Crippen LogP contribution in [0, 0.1) is 36.5 Å². The maximum atomic E-state index is 13.4. The second kappa shape index (κ2) is 20.1. The third-order valence-electron chi connectivity index (χ3n) is 13.4. The minimum atomic E-state index is -0.0669. The zero-order valence-electron chi connectivity index (χ0n) is 37.0. The predicted molar refractivity (Wildman–Crippen MR) is 259 cm³/mol. The summed E-state index contributed by atoms with van der Waals surface area (Å²) in [5.74, 6) is 1.94. The van der Waals surface area contributed by atoms with Crippen molar-refractivity contribution in [3.05, 3.63) is 186 Å². The Morgan fingerprint density at radius 2 is 1.45 bits per heavy atom. The molecule has 8 nitrogen and oxygen atoms in total. The first-order valence-electron chi connectivity index (χ1n) is 22.9. The number of carbonyl (C=O) groups excluding carboxylic acids is 1. The highest BCUT2D eigenvalue weighted by Gasteiger charge is 2.34. The van der Waals surface area contributed by atoms with Crippen LogP contribution >= 0.6 is 0 Å². The second-order valence-electron chi connectivity index (χ2n) is 18.1. The molecule has 0 saturated heterocycles. The molecule has 1 aromatic heterocycles. The molecule has 65 heavy (non-hydrogen) atoms. The molecule has 8 heteroatoms. The summed E-state index contributed by atoms with van der Waals surface area (Å²) in [5.41, 5.74) is 6.50. The second-order valence-corrected chi connectivity index (χ2v) is 18.1. The molecule has 0 aliphatic heterocycles. The highest BCUT2D eigenvalue weighted by Crippen LogP contribution is 2.45. The Bertz CT molecular complexity index is 2830. The molecule has 6 atom stereocenters. The Balaban J connectivity index is 0.794. The van der Waals surface area contributed by atoms with Gasteiger partial charge in [-0.05, 0) is 107 Å². The molecular formula is C57H57N3O5. The van der Waals surface area contributed by atoms with Crippen LogP contribution in [0.15, 0.2) is 158 Å². The maximum Gasteiger partial charge on any atom is 0.162 e. The van der Waals surface area contributed by atoms with Crippen molar-refractivity contribution in [3.8, 4) is 22.6 Å². The SMILES string of the molecule is C=CC1CC(/C=C/C2CC(/C=C/c3ccccc3)C(COCc3cn(Cc4ccc(C)cc4)nn3)C2)CC1OCC(=O)Cc1ccc2c(-c3c(O)ccc4ccccc34)c(O)ccc2c1. The molecule has 2 aliphatic rings. The molecule has 0 radical (unpaired) electrons. The van der Waals surface area contributed by atoms with Gasteiger partial charge in [-0.2, -0.15) is 0 Å². The van der Waals surface area contributed by atoms with Gasteiger partial charge in [0.25, 0.3) is 0 Å². The summed E-state index contributed by atoms with van der Waals surface area (Å²) >= 11 is 0. The fourth-order valence-electron chi connectivity index (χ4n) is 9.99. The number of phenols is 2. The fourth-order valence-corrected chi connectivity index (χ4v) is 9.99. The van der Waals surface area contributed by atoms with Gasteiger partial charge in [0.05, 0.1) is 32.1 Å². The van der Waals surface area contributed by atoms with Crippen molar-refractivity contribution in [1.29, 1.82) is 0 Å². The molecule has 330 valence electrons. The number of hydrogen-bond donors (Lipinski definition) is 2. The van der Waals surface area contributed by atoms with Gasteiger partial charge in [-0.15, -0.1) is 11.7 Å². The highest BCUT2D eigenvalue weighted by molar-refractivity contribution is 6.09. The van der Waals surface area contributed by atoms with E-state index in [1.165, 1.54) is 16.7 Å². The number of rotatable bonds is 17. The average Bonchev–Trinajstić information content (AvgIpc) is 4.06. The highest BCUT2D eigenvalue weighted by atomic mass is 16.5. The number of carbonyl (C=O) groups is 1. The van der Waals surface area contributed by atoms with Crippen LogP contribution in [0.5, 0.6) is 11.5 Å². The molecule has 0 spiro atoms. The van der Waals surface area contributed by atoms with Crippen molar-refractivity contribution in [2.45, 2.75) is 58.3 Å². The van der Waals surface area contributed by atoms with Crippen molar-refractivity contribution in [1.82, 2.24) is 15.0 Å². The molecule has 7 aromatic rings. The minimum absolute atomic E-state index is 0.0116. The quantitative estimate of drug-likeness (QED) is 0.0878. The van der Waals surface area contributed by atoms with Crippen molar-refractivity contribution in [2.24, 2.45) is 29.6 Å². The summed E-state index contributed by atoms with van der Waals surface area (Å²) in [5, 5.41) is 34.3. The lowest BCUT2D eigenvalue weighted by atomic mass is 9.91. The van der Waals surface area contributed by atoms with E-state index in [9.17, 15) is 15.0 Å². The van der Waals surface area contributed by atoms with Gasteiger partial charge in [0.15, 0.2) is 5.78 Å². The van der Waals surface area contributed by atoms with E-state index in [0.717, 1.165) is 58.5 Å². The largest absolute Gasteiger partial charge is 0.507 e. The van der Waals surface area contributed by atoms with Gasteiger partial charge in [0.2, 0.25) is 0 Å². The van der Waals surface area contributed by atoms with Gasteiger partial charge in [-0.25, -0.2) is 4.68 Å². The van der Waals surface area contributed by atoms with E-state index in [0.29, 0.717) is 54.6 Å². The van der Waals surface area contributed by atoms with Crippen LogP contribution in [0.3, 0.4) is 0 Å². The van der Waals surface area contributed by atoms with Crippen molar-refractivity contribution in [3.63, 3.8) is 0 Å². The Hall–Kier alpha value is -6.61. The van der Waals surface area contributed by atoms with Crippen molar-refractivity contribution < 1.29 is 24.5 Å². The van der Waals surface area contributed by atoms with Crippen LogP contribution in [0.4, 0.5) is 0 Å². The van der Waals surface area contributed by atoms with Crippen LogP contribution in [-0.4, -0.2) is 50.3 Å².